The maximum absolute atomic E-state index is 6.36. The number of anilines is 1. The highest BCUT2D eigenvalue weighted by Gasteiger charge is 2.49. The zero-order valence-corrected chi connectivity index (χ0v) is 12.9. The van der Waals surface area contributed by atoms with Gasteiger partial charge in [-0.3, -0.25) is 0 Å². The zero-order chi connectivity index (χ0) is 12.8. The average Bonchev–Trinajstić information content (AvgIpc) is 2.43. The molecule has 0 heterocycles. The molecule has 1 N–H and O–H groups in total. The van der Waals surface area contributed by atoms with Crippen molar-refractivity contribution in [3.05, 3.63) is 24.3 Å². The van der Waals surface area contributed by atoms with Crippen LogP contribution in [0.1, 0.15) is 32.1 Å². The fourth-order valence-electron chi connectivity index (χ4n) is 4.92. The maximum atomic E-state index is 6.36. The van der Waals surface area contributed by atoms with Crippen molar-refractivity contribution >= 4 is 18.1 Å². The molecule has 0 aliphatic heterocycles. The largest absolute Gasteiger partial charge is 0.490 e. The molecule has 3 heteroatoms. The molecule has 4 aliphatic carbocycles. The Hall–Kier alpha value is -0.890. The third-order valence-corrected chi connectivity index (χ3v) is 5.56. The predicted octanol–water partition coefficient (Wildman–Crippen LogP) is 4.35. The van der Waals surface area contributed by atoms with Crippen LogP contribution in [0.15, 0.2) is 24.3 Å². The molecule has 0 radical (unpaired) electrons. The third-order valence-electron chi connectivity index (χ3n) is 5.56. The minimum Gasteiger partial charge on any atom is -0.490 e. The topological polar surface area (TPSA) is 21.3 Å². The Bertz CT molecular complexity index is 431. The quantitative estimate of drug-likeness (QED) is 0.894. The molecule has 5 rings (SSSR count). The van der Waals surface area contributed by atoms with Crippen LogP contribution in [0.25, 0.3) is 0 Å². The van der Waals surface area contributed by atoms with Gasteiger partial charge in [0, 0.05) is 12.7 Å². The van der Waals surface area contributed by atoms with Crippen molar-refractivity contribution in [1.29, 1.82) is 0 Å². The summed E-state index contributed by atoms with van der Waals surface area (Å²) in [5, 5.41) is 3.15. The van der Waals surface area contributed by atoms with Gasteiger partial charge in [-0.2, -0.15) is 0 Å². The predicted molar refractivity (Wildman–Crippen MR) is 84.7 cm³/mol. The van der Waals surface area contributed by atoms with E-state index in [1.807, 2.05) is 7.05 Å². The summed E-state index contributed by atoms with van der Waals surface area (Å²) < 4.78 is 6.36. The van der Waals surface area contributed by atoms with Crippen LogP contribution in [-0.4, -0.2) is 13.2 Å². The molecule has 110 valence electrons. The number of nitrogens with one attached hydrogen (secondary N) is 1. The first kappa shape index (κ1) is 14.1. The first-order valence-electron chi connectivity index (χ1n) is 7.76. The highest BCUT2D eigenvalue weighted by Crippen LogP contribution is 2.54. The summed E-state index contributed by atoms with van der Waals surface area (Å²) in [5.74, 6) is 4.76. The molecule has 0 saturated heterocycles. The van der Waals surface area contributed by atoms with Crippen LogP contribution in [0.3, 0.4) is 0 Å². The smallest absolute Gasteiger partial charge is 0.119 e. The number of hydrogen-bond donors (Lipinski definition) is 1. The van der Waals surface area contributed by atoms with Crippen molar-refractivity contribution in [2.45, 2.75) is 38.2 Å². The Morgan fingerprint density at radius 2 is 1.45 bits per heavy atom. The van der Waals surface area contributed by atoms with Crippen LogP contribution < -0.4 is 10.1 Å². The van der Waals surface area contributed by atoms with Crippen LogP contribution in [0, 0.1) is 23.7 Å². The summed E-state index contributed by atoms with van der Waals surface area (Å²) >= 11 is 0. The Morgan fingerprint density at radius 3 is 1.95 bits per heavy atom. The van der Waals surface area contributed by atoms with Crippen molar-refractivity contribution in [2.24, 2.45) is 23.7 Å². The Morgan fingerprint density at radius 1 is 0.900 bits per heavy atom. The molecule has 0 aromatic heterocycles. The molecule has 4 saturated carbocycles. The molecule has 20 heavy (non-hydrogen) atoms. The highest BCUT2D eigenvalue weighted by atomic mass is 35.5. The van der Waals surface area contributed by atoms with E-state index < -0.39 is 0 Å². The first-order chi connectivity index (χ1) is 9.31. The van der Waals surface area contributed by atoms with Crippen LogP contribution in [-0.2, 0) is 0 Å². The molecular weight excluding hydrogens is 270 g/mol. The van der Waals surface area contributed by atoms with E-state index in [2.05, 4.69) is 29.6 Å². The van der Waals surface area contributed by atoms with E-state index in [9.17, 15) is 0 Å². The Labute approximate surface area is 127 Å². The molecule has 1 aromatic rings. The van der Waals surface area contributed by atoms with Gasteiger partial charge in [0.2, 0.25) is 0 Å². The summed E-state index contributed by atoms with van der Waals surface area (Å²) in [6.45, 7) is 0. The number of ether oxygens (including phenoxy) is 1. The normalized spacial score (nSPS) is 37.4. The summed E-state index contributed by atoms with van der Waals surface area (Å²) in [4.78, 5) is 0. The third kappa shape index (κ3) is 2.39. The van der Waals surface area contributed by atoms with E-state index in [-0.39, 0.29) is 12.4 Å². The summed E-state index contributed by atoms with van der Waals surface area (Å²) in [6, 6.07) is 8.42. The van der Waals surface area contributed by atoms with Crippen LogP contribution in [0.5, 0.6) is 5.75 Å². The van der Waals surface area contributed by atoms with Crippen molar-refractivity contribution in [1.82, 2.24) is 0 Å². The van der Waals surface area contributed by atoms with E-state index in [4.69, 9.17) is 4.74 Å². The molecule has 0 amide bonds. The van der Waals surface area contributed by atoms with Gasteiger partial charge in [0.25, 0.3) is 0 Å². The van der Waals surface area contributed by atoms with Crippen molar-refractivity contribution in [2.75, 3.05) is 12.4 Å². The van der Waals surface area contributed by atoms with Gasteiger partial charge in [-0.05, 0) is 80.0 Å². The van der Waals surface area contributed by atoms with Gasteiger partial charge in [-0.25, -0.2) is 0 Å². The van der Waals surface area contributed by atoms with Gasteiger partial charge in [-0.15, -0.1) is 12.4 Å². The number of benzene rings is 1. The second-order valence-electron chi connectivity index (χ2n) is 6.79. The minimum absolute atomic E-state index is 0. The van der Waals surface area contributed by atoms with Crippen molar-refractivity contribution in [3.8, 4) is 5.75 Å². The summed E-state index contributed by atoms with van der Waals surface area (Å²) in [5.41, 5.74) is 1.15. The van der Waals surface area contributed by atoms with E-state index in [1.165, 1.54) is 32.1 Å². The molecule has 0 unspecified atom stereocenters. The van der Waals surface area contributed by atoms with Gasteiger partial charge < -0.3 is 10.1 Å². The summed E-state index contributed by atoms with van der Waals surface area (Å²) in [7, 11) is 1.95. The zero-order valence-electron chi connectivity index (χ0n) is 12.0. The lowest BCUT2D eigenvalue weighted by atomic mass is 9.55. The van der Waals surface area contributed by atoms with Gasteiger partial charge in [0.15, 0.2) is 0 Å². The van der Waals surface area contributed by atoms with Crippen LogP contribution >= 0.6 is 12.4 Å². The number of halogens is 1. The molecule has 4 bridgehead atoms. The first-order valence-corrected chi connectivity index (χ1v) is 7.76. The van der Waals surface area contributed by atoms with Crippen LogP contribution in [0.4, 0.5) is 5.69 Å². The second kappa shape index (κ2) is 5.48. The monoisotopic (exact) mass is 293 g/mol. The lowest BCUT2D eigenvalue weighted by Crippen LogP contribution is -2.50. The van der Waals surface area contributed by atoms with E-state index >= 15 is 0 Å². The SMILES string of the molecule is CNc1ccc(OC2C3CC4CC(C3)CC2C4)cc1.Cl. The van der Waals surface area contributed by atoms with Gasteiger partial charge >= 0.3 is 0 Å². The number of rotatable bonds is 3. The van der Waals surface area contributed by atoms with Crippen molar-refractivity contribution in [3.63, 3.8) is 0 Å². The Balaban J connectivity index is 0.00000121. The molecule has 0 atom stereocenters. The molecule has 2 nitrogen and oxygen atoms in total. The van der Waals surface area contributed by atoms with E-state index in [0.717, 1.165) is 35.1 Å². The van der Waals surface area contributed by atoms with Crippen molar-refractivity contribution < 1.29 is 4.74 Å². The lowest BCUT2D eigenvalue weighted by Gasteiger charge is -2.53. The molecule has 1 aromatic carbocycles. The minimum atomic E-state index is 0. The summed E-state index contributed by atoms with van der Waals surface area (Å²) in [6.07, 6.45) is 7.70. The highest BCUT2D eigenvalue weighted by molar-refractivity contribution is 5.85. The van der Waals surface area contributed by atoms with E-state index in [0.29, 0.717) is 6.10 Å². The molecule has 4 fully saturated rings. The molecule has 0 spiro atoms. The average molecular weight is 294 g/mol. The number of hydrogen-bond acceptors (Lipinski definition) is 2. The Kier molecular flexibility index (Phi) is 3.85. The maximum Gasteiger partial charge on any atom is 0.119 e. The van der Waals surface area contributed by atoms with Gasteiger partial charge in [-0.1, -0.05) is 0 Å². The lowest BCUT2D eigenvalue weighted by molar-refractivity contribution is -0.0789. The fraction of sp³-hybridized carbons (Fsp3) is 0.647. The molecular formula is C17H24ClNO. The molecule has 4 aliphatic rings. The standard InChI is InChI=1S/C17H23NO.ClH/c1-18-15-2-4-16(5-3-15)19-17-13-7-11-6-12(9-13)10-14(17)8-11;/h2-5,11-14,17-18H,6-10H2,1H3;1H. The second-order valence-corrected chi connectivity index (χ2v) is 6.79. The van der Waals surface area contributed by atoms with E-state index in [1.54, 1.807) is 0 Å². The van der Waals surface area contributed by atoms with Gasteiger partial charge in [0.1, 0.15) is 11.9 Å². The van der Waals surface area contributed by atoms with Gasteiger partial charge in [0.05, 0.1) is 0 Å². The van der Waals surface area contributed by atoms with Crippen LogP contribution in [0.2, 0.25) is 0 Å². The fourth-order valence-corrected chi connectivity index (χ4v) is 4.92.